The van der Waals surface area contributed by atoms with Gasteiger partial charge in [0.25, 0.3) is 0 Å². The van der Waals surface area contributed by atoms with Crippen molar-refractivity contribution in [3.63, 3.8) is 0 Å². The zero-order chi connectivity index (χ0) is 10.8. The predicted octanol–water partition coefficient (Wildman–Crippen LogP) is 0.647. The van der Waals surface area contributed by atoms with Gasteiger partial charge in [-0.05, 0) is 6.07 Å². The number of nitrogens with zero attached hydrogens (tertiary/aromatic N) is 1. The zero-order valence-corrected chi connectivity index (χ0v) is 8.10. The molecule has 1 atom stereocenters. The Balaban J connectivity index is 2.29. The number of rotatable bonds is 2. The molecule has 0 spiro atoms. The van der Waals surface area contributed by atoms with E-state index >= 15 is 0 Å². The topological polar surface area (TPSA) is 65.5 Å². The normalized spacial score (nSPS) is 20.2. The summed E-state index contributed by atoms with van der Waals surface area (Å²) in [6, 6.07) is 3.30. The fourth-order valence-electron chi connectivity index (χ4n) is 1.45. The Labute approximate surface area is 86.0 Å². The largest absolute Gasteiger partial charge is 0.497 e. The fourth-order valence-corrected chi connectivity index (χ4v) is 1.45. The Morgan fingerprint density at radius 3 is 2.93 bits per heavy atom. The number of carbonyl (C=O) groups is 2. The molecule has 0 radical (unpaired) electrons. The highest BCUT2D eigenvalue weighted by molar-refractivity contribution is 5.97. The van der Waals surface area contributed by atoms with E-state index in [0.29, 0.717) is 11.4 Å². The molecule has 2 rings (SSSR count). The third-order valence-corrected chi connectivity index (χ3v) is 2.22. The van der Waals surface area contributed by atoms with Crippen LogP contribution in [0.5, 0.6) is 5.75 Å². The SMILES string of the molecule is COc1ccnc(C2CC(=O)OC2=O)c1. The van der Waals surface area contributed by atoms with Gasteiger partial charge in [0.1, 0.15) is 11.7 Å². The first-order valence-corrected chi connectivity index (χ1v) is 4.45. The minimum atomic E-state index is -0.590. The number of ether oxygens (including phenoxy) is 2. The highest BCUT2D eigenvalue weighted by Gasteiger charge is 2.35. The first-order chi connectivity index (χ1) is 7.20. The maximum Gasteiger partial charge on any atom is 0.323 e. The third-order valence-electron chi connectivity index (χ3n) is 2.22. The van der Waals surface area contributed by atoms with Crippen molar-refractivity contribution < 1.29 is 19.1 Å². The van der Waals surface area contributed by atoms with E-state index in [-0.39, 0.29) is 6.42 Å². The molecule has 1 aliphatic heterocycles. The Kier molecular flexibility index (Phi) is 2.37. The quantitative estimate of drug-likeness (QED) is 0.526. The molecule has 1 aliphatic rings. The molecule has 0 saturated carbocycles. The minimum absolute atomic E-state index is 0.0546. The van der Waals surface area contributed by atoms with E-state index in [1.54, 1.807) is 12.1 Å². The predicted molar refractivity (Wildman–Crippen MR) is 49.2 cm³/mol. The van der Waals surface area contributed by atoms with Crippen molar-refractivity contribution in [1.29, 1.82) is 0 Å². The molecule has 0 bridgehead atoms. The van der Waals surface area contributed by atoms with E-state index in [2.05, 4.69) is 9.72 Å². The number of aromatic nitrogens is 1. The molecule has 1 unspecified atom stereocenters. The second-order valence-electron chi connectivity index (χ2n) is 3.17. The van der Waals surface area contributed by atoms with Gasteiger partial charge in [-0.1, -0.05) is 0 Å². The molecule has 0 N–H and O–H groups in total. The monoisotopic (exact) mass is 207 g/mol. The van der Waals surface area contributed by atoms with Gasteiger partial charge < -0.3 is 9.47 Å². The maximum absolute atomic E-state index is 11.3. The van der Waals surface area contributed by atoms with Crippen molar-refractivity contribution in [2.24, 2.45) is 0 Å². The van der Waals surface area contributed by atoms with Crippen LogP contribution in [0.25, 0.3) is 0 Å². The Morgan fingerprint density at radius 2 is 2.33 bits per heavy atom. The van der Waals surface area contributed by atoms with E-state index in [0.717, 1.165) is 0 Å². The second-order valence-corrected chi connectivity index (χ2v) is 3.17. The van der Waals surface area contributed by atoms with Crippen LogP contribution in [0.15, 0.2) is 18.3 Å². The van der Waals surface area contributed by atoms with E-state index in [1.165, 1.54) is 13.3 Å². The summed E-state index contributed by atoms with van der Waals surface area (Å²) in [4.78, 5) is 26.2. The molecule has 15 heavy (non-hydrogen) atoms. The van der Waals surface area contributed by atoms with Crippen LogP contribution < -0.4 is 4.74 Å². The number of carbonyl (C=O) groups excluding carboxylic acids is 2. The Bertz CT molecular complexity index is 416. The number of methoxy groups -OCH3 is 1. The molecule has 5 nitrogen and oxygen atoms in total. The smallest absolute Gasteiger partial charge is 0.323 e. The second kappa shape index (κ2) is 3.68. The molecule has 2 heterocycles. The molecule has 1 aromatic rings. The van der Waals surface area contributed by atoms with Crippen molar-refractivity contribution >= 4 is 11.9 Å². The molecule has 1 aromatic heterocycles. The minimum Gasteiger partial charge on any atom is -0.497 e. The van der Waals surface area contributed by atoms with Crippen LogP contribution in [0.3, 0.4) is 0 Å². The zero-order valence-electron chi connectivity index (χ0n) is 8.10. The average Bonchev–Trinajstić information content (AvgIpc) is 2.58. The summed E-state index contributed by atoms with van der Waals surface area (Å²) in [5.74, 6) is -1.03. The molecular weight excluding hydrogens is 198 g/mol. The van der Waals surface area contributed by atoms with Crippen LogP contribution in [-0.4, -0.2) is 24.0 Å². The van der Waals surface area contributed by atoms with Crippen molar-refractivity contribution in [1.82, 2.24) is 4.98 Å². The van der Waals surface area contributed by atoms with Gasteiger partial charge in [0, 0.05) is 12.3 Å². The number of esters is 2. The van der Waals surface area contributed by atoms with Crippen molar-refractivity contribution in [2.75, 3.05) is 7.11 Å². The lowest BCUT2D eigenvalue weighted by atomic mass is 10.0. The lowest BCUT2D eigenvalue weighted by molar-refractivity contribution is -0.152. The first kappa shape index (κ1) is 9.64. The summed E-state index contributed by atoms with van der Waals surface area (Å²) in [6.07, 6.45) is 1.59. The summed E-state index contributed by atoms with van der Waals surface area (Å²) < 4.78 is 9.44. The van der Waals surface area contributed by atoms with Crippen molar-refractivity contribution in [2.45, 2.75) is 12.3 Å². The average molecular weight is 207 g/mol. The van der Waals surface area contributed by atoms with Gasteiger partial charge in [-0.15, -0.1) is 0 Å². The summed E-state index contributed by atoms with van der Waals surface area (Å²) in [5.41, 5.74) is 0.505. The van der Waals surface area contributed by atoms with E-state index in [4.69, 9.17) is 4.74 Å². The van der Waals surface area contributed by atoms with Crippen LogP contribution in [0.2, 0.25) is 0 Å². The van der Waals surface area contributed by atoms with Gasteiger partial charge in [-0.2, -0.15) is 0 Å². The van der Waals surface area contributed by atoms with Crippen molar-refractivity contribution in [3.05, 3.63) is 24.0 Å². The molecule has 0 aliphatic carbocycles. The van der Waals surface area contributed by atoms with Crippen LogP contribution in [0.4, 0.5) is 0 Å². The number of hydrogen-bond donors (Lipinski definition) is 0. The van der Waals surface area contributed by atoms with Crippen LogP contribution in [-0.2, 0) is 14.3 Å². The van der Waals surface area contributed by atoms with E-state index < -0.39 is 17.9 Å². The summed E-state index contributed by atoms with van der Waals surface area (Å²) >= 11 is 0. The lowest BCUT2D eigenvalue weighted by Crippen LogP contribution is -2.07. The molecule has 1 fully saturated rings. The van der Waals surface area contributed by atoms with Crippen molar-refractivity contribution in [3.8, 4) is 5.75 Å². The third kappa shape index (κ3) is 1.81. The number of cyclic esters (lactones) is 2. The van der Waals surface area contributed by atoms with Gasteiger partial charge in [-0.25, -0.2) is 0 Å². The highest BCUT2D eigenvalue weighted by atomic mass is 16.6. The fraction of sp³-hybridized carbons (Fsp3) is 0.300. The maximum atomic E-state index is 11.3. The Morgan fingerprint density at radius 1 is 1.53 bits per heavy atom. The lowest BCUT2D eigenvalue weighted by Gasteiger charge is -2.05. The standard InChI is InChI=1S/C10H9NO4/c1-14-6-2-3-11-8(4-6)7-5-9(12)15-10(7)13/h2-4,7H,5H2,1H3. The molecule has 5 heteroatoms. The van der Waals surface area contributed by atoms with Crippen LogP contribution >= 0.6 is 0 Å². The molecule has 78 valence electrons. The summed E-state index contributed by atoms with van der Waals surface area (Å²) in [7, 11) is 1.53. The highest BCUT2D eigenvalue weighted by Crippen LogP contribution is 2.27. The van der Waals surface area contributed by atoms with Crippen LogP contribution in [0.1, 0.15) is 18.0 Å². The molecule has 0 amide bonds. The van der Waals surface area contributed by atoms with Crippen LogP contribution in [0, 0.1) is 0 Å². The van der Waals surface area contributed by atoms with Gasteiger partial charge >= 0.3 is 11.9 Å². The van der Waals surface area contributed by atoms with E-state index in [1.807, 2.05) is 0 Å². The first-order valence-electron chi connectivity index (χ1n) is 4.45. The van der Waals surface area contributed by atoms with Gasteiger partial charge in [0.15, 0.2) is 0 Å². The molecule has 1 saturated heterocycles. The summed E-state index contributed by atoms with van der Waals surface area (Å²) in [5, 5.41) is 0. The molecular formula is C10H9NO4. The van der Waals surface area contributed by atoms with Gasteiger partial charge in [-0.3, -0.25) is 14.6 Å². The number of pyridine rings is 1. The van der Waals surface area contributed by atoms with Gasteiger partial charge in [0.05, 0.1) is 19.2 Å². The summed E-state index contributed by atoms with van der Waals surface area (Å²) in [6.45, 7) is 0. The molecule has 0 aromatic carbocycles. The Hall–Kier alpha value is -1.91. The van der Waals surface area contributed by atoms with Gasteiger partial charge in [0.2, 0.25) is 0 Å². The van der Waals surface area contributed by atoms with E-state index in [9.17, 15) is 9.59 Å². The number of hydrogen-bond acceptors (Lipinski definition) is 5.